The van der Waals surface area contributed by atoms with Gasteiger partial charge in [0.25, 0.3) is 0 Å². The summed E-state index contributed by atoms with van der Waals surface area (Å²) in [5, 5.41) is 7.78. The van der Waals surface area contributed by atoms with E-state index in [0.717, 1.165) is 5.33 Å². The van der Waals surface area contributed by atoms with Gasteiger partial charge in [0.05, 0.1) is 0 Å². The molecule has 0 aromatic heterocycles. The van der Waals surface area contributed by atoms with E-state index in [1.165, 1.54) is 5.01 Å². The monoisotopic (exact) mass is 226 g/mol. The van der Waals surface area contributed by atoms with Gasteiger partial charge in [-0.1, -0.05) is 20.9 Å². The Morgan fingerprint density at radius 3 is 2.60 bits per heavy atom. The largest absolute Gasteiger partial charge is 1.00 e. The van der Waals surface area contributed by atoms with Crippen molar-refractivity contribution in [2.24, 2.45) is 10.9 Å². The van der Waals surface area contributed by atoms with E-state index < -0.39 is 0 Å². The third-order valence-corrected chi connectivity index (χ3v) is 1.79. The summed E-state index contributed by atoms with van der Waals surface area (Å²) in [6.07, 6.45) is 2.72. The van der Waals surface area contributed by atoms with Crippen LogP contribution in [0.5, 0.6) is 0 Å². The molecule has 1 aliphatic heterocycles. The van der Waals surface area contributed by atoms with Crippen molar-refractivity contribution < 1.29 is 12.4 Å². The zero-order valence-corrected chi connectivity index (χ0v) is 7.80. The predicted octanol–water partition coefficient (Wildman–Crippen LogP) is -3.35. The van der Waals surface area contributed by atoms with E-state index in [-0.39, 0.29) is 18.6 Å². The highest BCUT2D eigenvalue weighted by Gasteiger charge is 2.33. The van der Waals surface area contributed by atoms with Crippen LogP contribution in [0.2, 0.25) is 0 Å². The smallest absolute Gasteiger partial charge is 0.561 e. The Labute approximate surface area is 74.5 Å². The van der Waals surface area contributed by atoms with E-state index in [1.54, 1.807) is 5.01 Å². The molecule has 58 valence electrons. The minimum Gasteiger partial charge on any atom is -1.00 e. The third-order valence-electron chi connectivity index (χ3n) is 1.21. The second-order valence-corrected chi connectivity index (χ2v) is 2.46. The molecule has 6 heteroatoms. The first-order chi connectivity index (χ1) is 4.25. The first kappa shape index (κ1) is 9.91. The Morgan fingerprint density at radius 2 is 2.40 bits per heavy atom. The molecular weight excluding hydrogens is 219 g/mol. The van der Waals surface area contributed by atoms with Crippen molar-refractivity contribution >= 4 is 22.3 Å². The molecule has 0 bridgehead atoms. The van der Waals surface area contributed by atoms with Crippen molar-refractivity contribution in [3.05, 3.63) is 0 Å². The summed E-state index contributed by atoms with van der Waals surface area (Å²) in [7, 11) is 1.85. The Morgan fingerprint density at radius 1 is 1.80 bits per heavy atom. The molecule has 1 aliphatic rings. The maximum Gasteiger partial charge on any atom is 0.561 e. The van der Waals surface area contributed by atoms with Gasteiger partial charge in [-0.3, -0.25) is 0 Å². The van der Waals surface area contributed by atoms with Crippen molar-refractivity contribution in [2.45, 2.75) is 6.17 Å². The minimum atomic E-state index is 0. The number of nitrogens with zero attached hydrogens (tertiary/aromatic N) is 3. The lowest BCUT2D eigenvalue weighted by atomic mass is 10.5. The molecule has 4 nitrogen and oxygen atoms in total. The summed E-state index contributed by atoms with van der Waals surface area (Å²) in [6.45, 7) is 0. The van der Waals surface area contributed by atoms with Gasteiger partial charge >= 0.3 is 6.34 Å². The van der Waals surface area contributed by atoms with Gasteiger partial charge in [0.15, 0.2) is 6.17 Å². The molecule has 0 saturated heterocycles. The SMILES string of the molecule is CN1N=[C+]N(N)C1CBr.[Cl-]. The molecule has 0 spiro atoms. The normalized spacial score (nSPS) is 22.5. The molecular formula is C4H8BrClN4. The molecule has 0 radical (unpaired) electrons. The molecule has 1 rings (SSSR count). The fourth-order valence-corrected chi connectivity index (χ4v) is 1.34. The Kier molecular flexibility index (Phi) is 3.89. The Bertz CT molecular complexity index is 118. The maximum atomic E-state index is 5.44. The molecule has 0 aromatic rings. The zero-order chi connectivity index (χ0) is 6.85. The van der Waals surface area contributed by atoms with Gasteiger partial charge in [0.1, 0.15) is 5.10 Å². The average Bonchev–Trinajstić information content (AvgIpc) is 2.12. The third kappa shape index (κ3) is 1.70. The van der Waals surface area contributed by atoms with Crippen molar-refractivity contribution in [3.63, 3.8) is 0 Å². The van der Waals surface area contributed by atoms with Crippen molar-refractivity contribution in [2.75, 3.05) is 12.4 Å². The van der Waals surface area contributed by atoms with Crippen LogP contribution in [0, 0.1) is 0 Å². The Hall–Kier alpha value is -0.0900. The number of hydrogen-bond acceptors (Lipinski definition) is 4. The van der Waals surface area contributed by atoms with Crippen molar-refractivity contribution in [1.29, 1.82) is 0 Å². The highest BCUT2D eigenvalue weighted by atomic mass is 79.9. The van der Waals surface area contributed by atoms with Crippen LogP contribution in [0.1, 0.15) is 0 Å². The summed E-state index contributed by atoms with van der Waals surface area (Å²) in [4.78, 5) is 0. The lowest BCUT2D eigenvalue weighted by Crippen LogP contribution is -3.00. The van der Waals surface area contributed by atoms with E-state index >= 15 is 0 Å². The molecule has 0 amide bonds. The van der Waals surface area contributed by atoms with E-state index in [9.17, 15) is 0 Å². The van der Waals surface area contributed by atoms with Crippen LogP contribution in [0.15, 0.2) is 5.10 Å². The number of rotatable bonds is 1. The lowest BCUT2D eigenvalue weighted by Gasteiger charge is -2.12. The number of nitrogens with two attached hydrogens (primary N) is 1. The first-order valence-electron chi connectivity index (χ1n) is 2.54. The van der Waals surface area contributed by atoms with Gasteiger partial charge in [0.2, 0.25) is 0 Å². The van der Waals surface area contributed by atoms with Crippen molar-refractivity contribution in [3.8, 4) is 0 Å². The number of hydrazone groups is 1. The van der Waals surface area contributed by atoms with Gasteiger partial charge < -0.3 is 12.4 Å². The standard InChI is InChI=1S/C4H8BrN4.ClH/c1-8-4(2-5)9(6)3-7-8;/h4H,2,6H2,1H3;1H/q+1;/p-1. The summed E-state index contributed by atoms with van der Waals surface area (Å²) in [6, 6.07) is 0. The summed E-state index contributed by atoms with van der Waals surface area (Å²) in [5.41, 5.74) is 0. The zero-order valence-electron chi connectivity index (χ0n) is 5.46. The van der Waals surface area contributed by atoms with Crippen LogP contribution in [-0.2, 0) is 0 Å². The topological polar surface area (TPSA) is 44.9 Å². The van der Waals surface area contributed by atoms with Crippen LogP contribution in [-0.4, -0.2) is 34.9 Å². The van der Waals surface area contributed by atoms with Crippen LogP contribution < -0.4 is 18.2 Å². The molecule has 1 heterocycles. The maximum absolute atomic E-state index is 5.44. The average molecular weight is 227 g/mol. The second kappa shape index (κ2) is 3.93. The van der Waals surface area contributed by atoms with E-state index in [1.807, 2.05) is 7.05 Å². The van der Waals surface area contributed by atoms with Gasteiger partial charge in [-0.15, -0.1) is 0 Å². The molecule has 1 unspecified atom stereocenters. The number of hydrogen-bond donors (Lipinski definition) is 1. The fraction of sp³-hybridized carbons (Fsp3) is 0.750. The Balaban J connectivity index is 0.000000810. The number of hydrazine groups is 1. The number of alkyl halides is 1. The molecule has 0 fully saturated rings. The van der Waals surface area contributed by atoms with Crippen LogP contribution in [0.25, 0.3) is 0 Å². The highest BCUT2D eigenvalue weighted by molar-refractivity contribution is 9.09. The van der Waals surface area contributed by atoms with E-state index in [0.29, 0.717) is 0 Å². The highest BCUT2D eigenvalue weighted by Crippen LogP contribution is 2.07. The molecule has 0 aliphatic carbocycles. The summed E-state index contributed by atoms with van der Waals surface area (Å²) < 4.78 is 0. The van der Waals surface area contributed by atoms with Gasteiger partial charge in [-0.05, 0) is 0 Å². The van der Waals surface area contributed by atoms with E-state index in [2.05, 4.69) is 27.4 Å². The molecule has 0 aromatic carbocycles. The minimum absolute atomic E-state index is 0. The fourth-order valence-electron chi connectivity index (χ4n) is 0.610. The summed E-state index contributed by atoms with van der Waals surface area (Å²) >= 11 is 3.29. The van der Waals surface area contributed by atoms with Gasteiger partial charge in [-0.25, -0.2) is 10.9 Å². The quantitative estimate of drug-likeness (QED) is 0.289. The molecule has 10 heavy (non-hydrogen) atoms. The van der Waals surface area contributed by atoms with Crippen LogP contribution >= 0.6 is 15.9 Å². The molecule has 1 atom stereocenters. The molecule has 0 saturated carbocycles. The summed E-state index contributed by atoms with van der Waals surface area (Å²) in [5.74, 6) is 5.44. The lowest BCUT2D eigenvalue weighted by molar-refractivity contribution is -0.00000194. The first-order valence-corrected chi connectivity index (χ1v) is 3.67. The van der Waals surface area contributed by atoms with E-state index in [4.69, 9.17) is 5.84 Å². The van der Waals surface area contributed by atoms with Gasteiger partial charge in [-0.2, -0.15) is 0 Å². The van der Waals surface area contributed by atoms with Crippen molar-refractivity contribution in [1.82, 2.24) is 10.0 Å². The molecule has 2 N–H and O–H groups in total. The number of halogens is 2. The van der Waals surface area contributed by atoms with Crippen LogP contribution in [0.4, 0.5) is 0 Å². The van der Waals surface area contributed by atoms with Gasteiger partial charge in [0, 0.05) is 12.4 Å². The van der Waals surface area contributed by atoms with Crippen LogP contribution in [0.3, 0.4) is 0 Å². The second-order valence-electron chi connectivity index (χ2n) is 1.82. The predicted molar refractivity (Wildman–Crippen MR) is 38.8 cm³/mol.